The number of halogens is 2. The molecule has 2 unspecified atom stereocenters. The molecule has 0 amide bonds. The van der Waals surface area contributed by atoms with Gasteiger partial charge in [0.1, 0.15) is 0 Å². The maximum absolute atomic E-state index is 3.69. The first-order chi connectivity index (χ1) is 10.2. The second-order valence-corrected chi connectivity index (χ2v) is 8.26. The first-order valence-corrected chi connectivity index (χ1v) is 9.46. The minimum atomic E-state index is 0.352. The Labute approximate surface area is 145 Å². The first-order valence-electron chi connectivity index (χ1n) is 6.81. The van der Waals surface area contributed by atoms with Crippen molar-refractivity contribution in [1.82, 2.24) is 0 Å². The van der Waals surface area contributed by atoms with Crippen LogP contribution in [0, 0.1) is 0 Å². The monoisotopic (exact) mass is 418 g/mol. The molecule has 0 spiro atoms. The first kappa shape index (κ1) is 13.9. The second-order valence-electron chi connectivity index (χ2n) is 5.17. The van der Waals surface area contributed by atoms with Gasteiger partial charge in [-0.3, -0.25) is 0 Å². The molecule has 0 bridgehead atoms. The Hall–Kier alpha value is -0.770. The molecule has 0 aliphatic heterocycles. The van der Waals surface area contributed by atoms with Gasteiger partial charge in [0.15, 0.2) is 0 Å². The van der Waals surface area contributed by atoms with Gasteiger partial charge in [-0.1, -0.05) is 86.1 Å². The van der Waals surface area contributed by atoms with E-state index < -0.39 is 0 Å². The van der Waals surface area contributed by atoms with E-state index in [0.29, 0.717) is 9.65 Å². The number of benzene rings is 2. The predicted octanol–water partition coefficient (Wildman–Crippen LogP) is 6.76. The fourth-order valence-corrected chi connectivity index (χ4v) is 4.92. The van der Waals surface area contributed by atoms with E-state index in [1.807, 2.05) is 11.8 Å². The van der Waals surface area contributed by atoms with E-state index in [-0.39, 0.29) is 0 Å². The molecule has 2 aromatic rings. The van der Waals surface area contributed by atoms with E-state index in [2.05, 4.69) is 92.6 Å². The average Bonchev–Trinajstić information content (AvgIpc) is 3.04. The number of rotatable bonds is 2. The Morgan fingerprint density at radius 1 is 0.857 bits per heavy atom. The number of fused-ring (bicyclic) bond motifs is 2. The van der Waals surface area contributed by atoms with E-state index in [9.17, 15) is 0 Å². The number of allylic oxidation sites excluding steroid dienone is 2. The van der Waals surface area contributed by atoms with Crippen molar-refractivity contribution in [2.75, 3.05) is 0 Å². The van der Waals surface area contributed by atoms with Gasteiger partial charge < -0.3 is 0 Å². The molecule has 0 heterocycles. The molecule has 3 heteroatoms. The molecule has 2 aromatic carbocycles. The minimum absolute atomic E-state index is 0.352. The summed E-state index contributed by atoms with van der Waals surface area (Å²) < 4.78 is 0. The van der Waals surface area contributed by atoms with E-state index >= 15 is 0 Å². The van der Waals surface area contributed by atoms with Crippen LogP contribution in [0.2, 0.25) is 0 Å². The molecule has 104 valence electrons. The predicted molar refractivity (Wildman–Crippen MR) is 98.4 cm³/mol. The lowest BCUT2D eigenvalue weighted by Crippen LogP contribution is -1.88. The Morgan fingerprint density at radius 3 is 2.57 bits per heavy atom. The smallest absolute Gasteiger partial charge is 0.0584 e. The van der Waals surface area contributed by atoms with E-state index in [1.54, 1.807) is 0 Å². The van der Waals surface area contributed by atoms with Crippen molar-refractivity contribution in [2.24, 2.45) is 0 Å². The van der Waals surface area contributed by atoms with Gasteiger partial charge in [-0.15, -0.1) is 0 Å². The Kier molecular flexibility index (Phi) is 3.60. The van der Waals surface area contributed by atoms with Crippen molar-refractivity contribution in [3.63, 3.8) is 0 Å². The number of hydrogen-bond acceptors (Lipinski definition) is 1. The van der Waals surface area contributed by atoms with E-state index in [1.165, 1.54) is 32.0 Å². The maximum Gasteiger partial charge on any atom is 0.0584 e. The van der Waals surface area contributed by atoms with Gasteiger partial charge in [-0.25, -0.2) is 0 Å². The average molecular weight is 420 g/mol. The number of hydrogen-bond donors (Lipinski definition) is 0. The largest absolute Gasteiger partial charge is 0.0894 e. The highest BCUT2D eigenvalue weighted by atomic mass is 79.9. The zero-order valence-electron chi connectivity index (χ0n) is 11.1. The highest BCUT2D eigenvalue weighted by Gasteiger charge is 2.18. The maximum atomic E-state index is 3.69. The van der Waals surface area contributed by atoms with Gasteiger partial charge >= 0.3 is 0 Å². The van der Waals surface area contributed by atoms with Crippen LogP contribution in [0.4, 0.5) is 0 Å². The third kappa shape index (κ3) is 2.45. The van der Waals surface area contributed by atoms with E-state index in [4.69, 9.17) is 0 Å². The summed E-state index contributed by atoms with van der Waals surface area (Å²) >= 11 is 9.20. The van der Waals surface area contributed by atoms with Crippen molar-refractivity contribution >= 4 is 55.8 Å². The van der Waals surface area contributed by atoms with Gasteiger partial charge in [-0.05, 0) is 40.5 Å². The molecular formula is C18H12Br2S. The molecule has 0 fully saturated rings. The molecule has 0 nitrogen and oxygen atoms in total. The second kappa shape index (κ2) is 5.45. The Balaban J connectivity index is 1.69. The van der Waals surface area contributed by atoms with Crippen LogP contribution < -0.4 is 0 Å². The van der Waals surface area contributed by atoms with Crippen molar-refractivity contribution in [3.05, 3.63) is 70.8 Å². The van der Waals surface area contributed by atoms with Gasteiger partial charge in [0, 0.05) is 9.79 Å². The van der Waals surface area contributed by atoms with Crippen LogP contribution >= 0.6 is 43.6 Å². The lowest BCUT2D eigenvalue weighted by Gasteiger charge is -2.10. The summed E-state index contributed by atoms with van der Waals surface area (Å²) in [6, 6.07) is 13.3. The lowest BCUT2D eigenvalue weighted by molar-refractivity contribution is 1.24. The highest BCUT2D eigenvalue weighted by Crippen LogP contribution is 2.43. The molecule has 0 radical (unpaired) electrons. The van der Waals surface area contributed by atoms with Gasteiger partial charge in [0.05, 0.1) is 9.65 Å². The lowest BCUT2D eigenvalue weighted by atomic mass is 10.1. The third-order valence-electron chi connectivity index (χ3n) is 3.86. The summed E-state index contributed by atoms with van der Waals surface area (Å²) in [5, 5.41) is 0. The molecule has 21 heavy (non-hydrogen) atoms. The summed E-state index contributed by atoms with van der Waals surface area (Å²) in [6.07, 6.45) is 8.81. The van der Waals surface area contributed by atoms with Crippen LogP contribution in [0.15, 0.2) is 58.3 Å². The standard InChI is InChI=1S/C18H12Br2S/c19-16-8-4-11-10-12(5-6-13(11)16)21-18-3-1-2-14-15(18)7-9-17(14)20/h1-10,16-17H. The molecule has 2 aliphatic rings. The molecule has 2 atom stereocenters. The van der Waals surface area contributed by atoms with Crippen LogP contribution in [0.5, 0.6) is 0 Å². The molecule has 2 aliphatic carbocycles. The van der Waals surface area contributed by atoms with Crippen LogP contribution in [-0.4, -0.2) is 0 Å². The van der Waals surface area contributed by atoms with Crippen molar-refractivity contribution in [3.8, 4) is 0 Å². The molecule has 0 aromatic heterocycles. The van der Waals surface area contributed by atoms with Crippen LogP contribution in [0.3, 0.4) is 0 Å². The topological polar surface area (TPSA) is 0 Å². The van der Waals surface area contributed by atoms with Crippen LogP contribution in [0.25, 0.3) is 12.2 Å². The van der Waals surface area contributed by atoms with E-state index in [0.717, 1.165) is 0 Å². The third-order valence-corrected chi connectivity index (χ3v) is 6.52. The molecule has 0 saturated heterocycles. The molecular weight excluding hydrogens is 408 g/mol. The summed E-state index contributed by atoms with van der Waals surface area (Å²) in [4.78, 5) is 3.33. The zero-order valence-corrected chi connectivity index (χ0v) is 15.1. The van der Waals surface area contributed by atoms with Gasteiger partial charge in [0.25, 0.3) is 0 Å². The fourth-order valence-electron chi connectivity index (χ4n) is 2.78. The van der Waals surface area contributed by atoms with Crippen molar-refractivity contribution in [2.45, 2.75) is 19.4 Å². The Bertz CT molecular complexity index is 777. The van der Waals surface area contributed by atoms with Gasteiger partial charge in [-0.2, -0.15) is 0 Å². The minimum Gasteiger partial charge on any atom is -0.0894 e. The summed E-state index contributed by atoms with van der Waals surface area (Å²) in [5.41, 5.74) is 5.39. The molecule has 0 saturated carbocycles. The molecule has 4 rings (SSSR count). The SMILES string of the molecule is BrC1C=Cc2cc(Sc3cccc4c3C=CC4Br)ccc21. The molecule has 0 N–H and O–H groups in total. The quantitative estimate of drug-likeness (QED) is 0.484. The fraction of sp³-hybridized carbons (Fsp3) is 0.111. The normalized spacial score (nSPS) is 21.6. The highest BCUT2D eigenvalue weighted by molar-refractivity contribution is 9.09. The summed E-state index contributed by atoms with van der Waals surface area (Å²) in [6.45, 7) is 0. The van der Waals surface area contributed by atoms with Gasteiger partial charge in [0.2, 0.25) is 0 Å². The summed E-state index contributed by atoms with van der Waals surface area (Å²) in [7, 11) is 0. The Morgan fingerprint density at radius 2 is 1.67 bits per heavy atom. The summed E-state index contributed by atoms with van der Waals surface area (Å²) in [5.74, 6) is 0. The van der Waals surface area contributed by atoms with Crippen LogP contribution in [-0.2, 0) is 0 Å². The van der Waals surface area contributed by atoms with Crippen LogP contribution in [0.1, 0.15) is 31.9 Å². The number of alkyl halides is 2. The zero-order chi connectivity index (χ0) is 14.4. The van der Waals surface area contributed by atoms with Crippen molar-refractivity contribution in [1.29, 1.82) is 0 Å². The van der Waals surface area contributed by atoms with Crippen molar-refractivity contribution < 1.29 is 0 Å².